The number of amides is 1. The quantitative estimate of drug-likeness (QED) is 0.703. The predicted molar refractivity (Wildman–Crippen MR) is 89.1 cm³/mol. The van der Waals surface area contributed by atoms with E-state index in [2.05, 4.69) is 5.32 Å². The van der Waals surface area contributed by atoms with E-state index in [1.807, 2.05) is 0 Å². The first-order valence-electron chi connectivity index (χ1n) is 7.95. The first-order valence-corrected chi connectivity index (χ1v) is 9.79. The van der Waals surface area contributed by atoms with Gasteiger partial charge < -0.3 is 10.4 Å². The molecule has 0 radical (unpaired) electrons. The van der Waals surface area contributed by atoms with E-state index in [4.69, 9.17) is 5.11 Å². The molecule has 1 aliphatic rings. The Morgan fingerprint density at radius 3 is 2.26 bits per heavy atom. The largest absolute Gasteiger partial charge is 0.465 e. The van der Waals surface area contributed by atoms with Crippen LogP contribution in [-0.4, -0.2) is 42.3 Å². The lowest BCUT2D eigenvalue weighted by atomic mass is 9.99. The number of rotatable bonds is 6. The zero-order chi connectivity index (χ0) is 20.8. The molecule has 2 N–H and O–H groups in total. The van der Waals surface area contributed by atoms with E-state index in [1.165, 1.54) is 13.8 Å². The van der Waals surface area contributed by atoms with Crippen LogP contribution in [0.5, 0.6) is 0 Å². The molecule has 27 heavy (non-hydrogen) atoms. The second-order valence-electron chi connectivity index (χ2n) is 7.31. The number of benzene rings is 1. The average molecular weight is 412 g/mol. The monoisotopic (exact) mass is 412 g/mol. The zero-order valence-corrected chi connectivity index (χ0v) is 15.7. The van der Waals surface area contributed by atoms with Gasteiger partial charge >= 0.3 is 12.3 Å². The Morgan fingerprint density at radius 1 is 1.30 bits per heavy atom. The standard InChI is InChI=1S/C16H20F4N2O4S/c1-14(2,21-13(23)24)9-22(27(3,25)26)15(6-7-15)10-4-5-12(17)11(8-10)16(18,19)20/h4-5,8,21H,6-7,9H2,1-3H3,(H,23,24). The molecule has 1 aromatic rings. The predicted octanol–water partition coefficient (Wildman–Crippen LogP) is 3.14. The smallest absolute Gasteiger partial charge is 0.419 e. The highest BCUT2D eigenvalue weighted by Gasteiger charge is 2.55. The summed E-state index contributed by atoms with van der Waals surface area (Å²) in [6, 6.07) is 2.42. The molecular formula is C16H20F4N2O4S. The summed E-state index contributed by atoms with van der Waals surface area (Å²) in [4.78, 5) is 10.9. The molecule has 0 heterocycles. The third-order valence-electron chi connectivity index (χ3n) is 4.39. The minimum atomic E-state index is -4.92. The normalized spacial score (nSPS) is 17.0. The SMILES string of the molecule is CC(C)(CN(C1(c2ccc(F)c(C(F)(F)F)c2)CC1)S(C)(=O)=O)NC(=O)O. The molecule has 0 bridgehead atoms. The zero-order valence-electron chi connectivity index (χ0n) is 14.9. The van der Waals surface area contributed by atoms with Crippen LogP contribution < -0.4 is 5.32 Å². The Kier molecular flexibility index (Phi) is 5.25. The third-order valence-corrected chi connectivity index (χ3v) is 5.67. The van der Waals surface area contributed by atoms with Gasteiger partial charge in [0.1, 0.15) is 5.82 Å². The van der Waals surface area contributed by atoms with Crippen LogP contribution >= 0.6 is 0 Å². The van der Waals surface area contributed by atoms with Crippen molar-refractivity contribution in [1.82, 2.24) is 9.62 Å². The van der Waals surface area contributed by atoms with Gasteiger partial charge in [0.2, 0.25) is 10.0 Å². The van der Waals surface area contributed by atoms with E-state index in [-0.39, 0.29) is 24.9 Å². The van der Waals surface area contributed by atoms with Crippen molar-refractivity contribution in [3.8, 4) is 0 Å². The first-order chi connectivity index (χ1) is 12.1. The van der Waals surface area contributed by atoms with Gasteiger partial charge in [-0.05, 0) is 44.4 Å². The van der Waals surface area contributed by atoms with Gasteiger partial charge in [0.15, 0.2) is 0 Å². The maximum atomic E-state index is 13.6. The Morgan fingerprint density at radius 2 is 1.85 bits per heavy atom. The van der Waals surface area contributed by atoms with Crippen molar-refractivity contribution in [3.63, 3.8) is 0 Å². The molecule has 1 saturated carbocycles. The van der Waals surface area contributed by atoms with E-state index in [1.54, 1.807) is 0 Å². The molecule has 2 rings (SSSR count). The minimum Gasteiger partial charge on any atom is -0.465 e. The molecule has 1 amide bonds. The number of nitrogens with zero attached hydrogens (tertiary/aromatic N) is 1. The van der Waals surface area contributed by atoms with E-state index >= 15 is 0 Å². The Hall–Kier alpha value is -1.88. The fraction of sp³-hybridized carbons (Fsp3) is 0.562. The van der Waals surface area contributed by atoms with E-state index in [0.29, 0.717) is 12.1 Å². The van der Waals surface area contributed by atoms with Gasteiger partial charge in [0, 0.05) is 6.54 Å². The fourth-order valence-corrected chi connectivity index (χ4v) is 4.59. The van der Waals surface area contributed by atoms with Crippen LogP contribution in [0.15, 0.2) is 18.2 Å². The van der Waals surface area contributed by atoms with Crippen molar-refractivity contribution >= 4 is 16.1 Å². The molecular weight excluding hydrogens is 392 g/mol. The number of carbonyl (C=O) groups is 1. The second kappa shape index (κ2) is 6.62. The number of alkyl halides is 3. The molecule has 11 heteroatoms. The first kappa shape index (κ1) is 21.4. The summed E-state index contributed by atoms with van der Waals surface area (Å²) >= 11 is 0. The molecule has 0 atom stereocenters. The van der Waals surface area contributed by atoms with Gasteiger partial charge in [-0.3, -0.25) is 0 Å². The molecule has 0 aromatic heterocycles. The molecule has 0 unspecified atom stereocenters. The van der Waals surface area contributed by atoms with Crippen LogP contribution in [0.25, 0.3) is 0 Å². The lowest BCUT2D eigenvalue weighted by Gasteiger charge is -2.37. The molecule has 1 aliphatic carbocycles. The van der Waals surface area contributed by atoms with Crippen LogP contribution in [0.2, 0.25) is 0 Å². The van der Waals surface area contributed by atoms with Gasteiger partial charge in [0.25, 0.3) is 0 Å². The second-order valence-corrected chi connectivity index (χ2v) is 9.21. The number of carboxylic acid groups (broad SMARTS) is 1. The van der Waals surface area contributed by atoms with Crippen LogP contribution in [0, 0.1) is 5.82 Å². The highest BCUT2D eigenvalue weighted by atomic mass is 32.2. The number of nitrogens with one attached hydrogen (secondary N) is 1. The van der Waals surface area contributed by atoms with E-state index < -0.39 is 44.8 Å². The number of hydrogen-bond donors (Lipinski definition) is 2. The fourth-order valence-electron chi connectivity index (χ4n) is 3.11. The Balaban J connectivity index is 2.50. The lowest BCUT2D eigenvalue weighted by Crippen LogP contribution is -2.55. The Labute approximate surface area is 154 Å². The third kappa shape index (κ3) is 4.70. The lowest BCUT2D eigenvalue weighted by molar-refractivity contribution is -0.140. The van der Waals surface area contributed by atoms with Crippen LogP contribution in [0.3, 0.4) is 0 Å². The van der Waals surface area contributed by atoms with Crippen molar-refractivity contribution < 1.29 is 35.9 Å². The minimum absolute atomic E-state index is 0.0211. The molecule has 0 spiro atoms. The van der Waals surface area contributed by atoms with E-state index in [0.717, 1.165) is 16.6 Å². The van der Waals surface area contributed by atoms with Gasteiger partial charge in [-0.2, -0.15) is 17.5 Å². The maximum Gasteiger partial charge on any atom is 0.419 e. The highest BCUT2D eigenvalue weighted by molar-refractivity contribution is 7.88. The molecule has 1 fully saturated rings. The molecule has 6 nitrogen and oxygen atoms in total. The Bertz CT molecular complexity index is 848. The summed E-state index contributed by atoms with van der Waals surface area (Å²) < 4.78 is 78.4. The van der Waals surface area contributed by atoms with Crippen LogP contribution in [0.4, 0.5) is 22.4 Å². The summed E-state index contributed by atoms with van der Waals surface area (Å²) in [6.07, 6.45) is -4.90. The molecule has 152 valence electrons. The highest BCUT2D eigenvalue weighted by Crippen LogP contribution is 2.53. The van der Waals surface area contributed by atoms with Crippen molar-refractivity contribution in [2.75, 3.05) is 12.8 Å². The number of sulfonamides is 1. The van der Waals surface area contributed by atoms with Gasteiger partial charge in [0.05, 0.1) is 22.9 Å². The van der Waals surface area contributed by atoms with Crippen molar-refractivity contribution in [3.05, 3.63) is 35.1 Å². The summed E-state index contributed by atoms with van der Waals surface area (Å²) in [5, 5.41) is 11.1. The van der Waals surface area contributed by atoms with Crippen molar-refractivity contribution in [2.24, 2.45) is 0 Å². The van der Waals surface area contributed by atoms with Crippen molar-refractivity contribution in [1.29, 1.82) is 0 Å². The van der Waals surface area contributed by atoms with Crippen LogP contribution in [0.1, 0.15) is 37.8 Å². The average Bonchev–Trinajstić information content (AvgIpc) is 3.23. The summed E-state index contributed by atoms with van der Waals surface area (Å²) in [5.41, 5.74) is -3.91. The van der Waals surface area contributed by atoms with Gasteiger partial charge in [-0.1, -0.05) is 6.07 Å². The topological polar surface area (TPSA) is 86.7 Å². The van der Waals surface area contributed by atoms with E-state index in [9.17, 15) is 30.8 Å². The summed E-state index contributed by atoms with van der Waals surface area (Å²) in [5.74, 6) is -1.44. The molecule has 0 saturated heterocycles. The van der Waals surface area contributed by atoms with Crippen LogP contribution in [-0.2, 0) is 21.7 Å². The van der Waals surface area contributed by atoms with Gasteiger partial charge in [-0.15, -0.1) is 0 Å². The number of halogens is 4. The van der Waals surface area contributed by atoms with Gasteiger partial charge in [-0.25, -0.2) is 17.6 Å². The van der Waals surface area contributed by atoms with Crippen molar-refractivity contribution in [2.45, 2.75) is 43.9 Å². The summed E-state index contributed by atoms with van der Waals surface area (Å²) in [6.45, 7) is 2.62. The molecule has 0 aliphatic heterocycles. The summed E-state index contributed by atoms with van der Waals surface area (Å²) in [7, 11) is -3.91. The maximum absolute atomic E-state index is 13.6. The number of hydrogen-bond acceptors (Lipinski definition) is 3. The molecule has 1 aromatic carbocycles.